The molecule has 2 atom stereocenters. The summed E-state index contributed by atoms with van der Waals surface area (Å²) in [6, 6.07) is -0.219. The van der Waals surface area contributed by atoms with Crippen LogP contribution in [-0.4, -0.2) is 62.1 Å². The summed E-state index contributed by atoms with van der Waals surface area (Å²) in [4.78, 5) is 27.9. The van der Waals surface area contributed by atoms with Crippen molar-refractivity contribution in [1.82, 2.24) is 15.5 Å². The third-order valence-corrected chi connectivity index (χ3v) is 9.96. The molecule has 2 unspecified atom stereocenters. The molecule has 0 aliphatic carbocycles. The Bertz CT molecular complexity index is 683. The first-order valence-corrected chi connectivity index (χ1v) is 20.5. The molecule has 0 aromatic rings. The number of hydrogen-bond acceptors (Lipinski definition) is 5. The first kappa shape index (κ1) is 42.9. The van der Waals surface area contributed by atoms with Crippen molar-refractivity contribution < 1.29 is 14.3 Å². The number of likely N-dealkylation sites (tertiary alicyclic amines) is 1. The second kappa shape index (κ2) is 32.4. The van der Waals surface area contributed by atoms with Gasteiger partial charge in [0.25, 0.3) is 0 Å². The molecule has 2 N–H and O–H groups in total. The first-order valence-electron chi connectivity index (χ1n) is 20.5. The number of carbonyl (C=O) groups excluding carboxylic acids is 2. The van der Waals surface area contributed by atoms with Crippen LogP contribution in [0.2, 0.25) is 0 Å². The average Bonchev–Trinajstić information content (AvgIpc) is 3.06. The summed E-state index contributed by atoms with van der Waals surface area (Å²) in [7, 11) is 0. The molecule has 0 aromatic carbocycles. The fraction of sp³-hybridized carbons (Fsp3) is 0.950. The van der Waals surface area contributed by atoms with Crippen LogP contribution < -0.4 is 10.6 Å². The number of esters is 1. The molecule has 0 spiro atoms. The number of amides is 1. The van der Waals surface area contributed by atoms with E-state index >= 15 is 0 Å². The van der Waals surface area contributed by atoms with Crippen molar-refractivity contribution in [2.75, 3.05) is 39.3 Å². The third-order valence-electron chi connectivity index (χ3n) is 9.96. The molecule has 6 heteroatoms. The van der Waals surface area contributed by atoms with E-state index in [4.69, 9.17) is 4.74 Å². The predicted molar refractivity (Wildman–Crippen MR) is 197 cm³/mol. The zero-order chi connectivity index (χ0) is 33.3. The van der Waals surface area contributed by atoms with Gasteiger partial charge in [-0.25, -0.2) is 0 Å². The van der Waals surface area contributed by atoms with Gasteiger partial charge in [0.15, 0.2) is 0 Å². The van der Waals surface area contributed by atoms with Gasteiger partial charge >= 0.3 is 5.97 Å². The lowest BCUT2D eigenvalue weighted by Crippen LogP contribution is -2.47. The highest BCUT2D eigenvalue weighted by Gasteiger charge is 2.19. The highest BCUT2D eigenvalue weighted by Crippen LogP contribution is 2.16. The molecule has 0 aromatic heterocycles. The van der Waals surface area contributed by atoms with Gasteiger partial charge in [-0.15, -0.1) is 0 Å². The molecule has 0 saturated carbocycles. The number of nitrogens with zero attached hydrogens (tertiary/aromatic N) is 1. The van der Waals surface area contributed by atoms with Crippen LogP contribution in [0, 0.1) is 5.92 Å². The molecule has 1 saturated heterocycles. The van der Waals surface area contributed by atoms with E-state index in [2.05, 4.69) is 36.3 Å². The number of unbranched alkanes of at least 4 members (excludes halogenated alkanes) is 17. The van der Waals surface area contributed by atoms with Gasteiger partial charge in [0.2, 0.25) is 5.91 Å². The van der Waals surface area contributed by atoms with Gasteiger partial charge in [-0.2, -0.15) is 0 Å². The smallest absolute Gasteiger partial charge is 0.305 e. The maximum absolute atomic E-state index is 13.1. The van der Waals surface area contributed by atoms with Gasteiger partial charge < -0.3 is 20.3 Å². The largest absolute Gasteiger partial charge is 0.466 e. The van der Waals surface area contributed by atoms with Gasteiger partial charge in [-0.05, 0) is 57.5 Å². The van der Waals surface area contributed by atoms with Crippen molar-refractivity contribution >= 4 is 11.9 Å². The van der Waals surface area contributed by atoms with E-state index in [1.807, 2.05) is 0 Å². The van der Waals surface area contributed by atoms with Crippen LogP contribution in [0.4, 0.5) is 0 Å². The number of ether oxygens (including phenoxy) is 1. The lowest BCUT2D eigenvalue weighted by Gasteiger charge is -2.27. The number of nitrogens with one attached hydrogen (secondary N) is 2. The molecule has 46 heavy (non-hydrogen) atoms. The summed E-state index contributed by atoms with van der Waals surface area (Å²) in [6.07, 6.45) is 33.4. The Labute approximate surface area is 286 Å². The molecule has 0 radical (unpaired) electrons. The number of hydrogen-bond donors (Lipinski definition) is 2. The van der Waals surface area contributed by atoms with E-state index in [1.54, 1.807) is 0 Å². The van der Waals surface area contributed by atoms with E-state index < -0.39 is 0 Å². The minimum atomic E-state index is -0.219. The van der Waals surface area contributed by atoms with E-state index in [9.17, 15) is 9.59 Å². The molecule has 272 valence electrons. The zero-order valence-electron chi connectivity index (χ0n) is 31.2. The fourth-order valence-corrected chi connectivity index (χ4v) is 6.71. The number of piperidine rings is 1. The summed E-state index contributed by atoms with van der Waals surface area (Å²) in [5, 5.41) is 6.73. The first-order chi connectivity index (χ1) is 22.6. The summed E-state index contributed by atoms with van der Waals surface area (Å²) in [5.41, 5.74) is 0. The maximum Gasteiger partial charge on any atom is 0.305 e. The van der Waals surface area contributed by atoms with Gasteiger partial charge in [-0.1, -0.05) is 149 Å². The van der Waals surface area contributed by atoms with Gasteiger partial charge in [0, 0.05) is 26.1 Å². The van der Waals surface area contributed by atoms with E-state index in [0.29, 0.717) is 31.8 Å². The van der Waals surface area contributed by atoms with Crippen LogP contribution in [0.25, 0.3) is 0 Å². The van der Waals surface area contributed by atoms with Crippen LogP contribution in [0.3, 0.4) is 0 Å². The van der Waals surface area contributed by atoms with Crippen molar-refractivity contribution in [2.24, 2.45) is 5.92 Å². The lowest BCUT2D eigenvalue weighted by atomic mass is 9.98. The molecular weight excluding hydrogens is 570 g/mol. The average molecular weight is 650 g/mol. The summed E-state index contributed by atoms with van der Waals surface area (Å²) in [5.74, 6) is 0.586. The molecule has 0 bridgehead atoms. The Morgan fingerprint density at radius 1 is 0.630 bits per heavy atom. The summed E-state index contributed by atoms with van der Waals surface area (Å²) < 4.78 is 5.54. The van der Waals surface area contributed by atoms with Gasteiger partial charge in [0.1, 0.15) is 0 Å². The Morgan fingerprint density at radius 3 is 1.76 bits per heavy atom. The Hall–Kier alpha value is -1.14. The molecular formula is C40H79N3O3. The monoisotopic (exact) mass is 650 g/mol. The fourth-order valence-electron chi connectivity index (χ4n) is 6.71. The van der Waals surface area contributed by atoms with Gasteiger partial charge in [-0.3, -0.25) is 9.59 Å². The maximum atomic E-state index is 13.1. The van der Waals surface area contributed by atoms with Crippen LogP contribution in [0.1, 0.15) is 194 Å². The van der Waals surface area contributed by atoms with Crippen LogP contribution in [-0.2, 0) is 14.3 Å². The van der Waals surface area contributed by atoms with E-state index in [0.717, 1.165) is 32.5 Å². The third kappa shape index (κ3) is 26.9. The summed E-state index contributed by atoms with van der Waals surface area (Å²) in [6.45, 7) is 12.1. The second-order valence-electron chi connectivity index (χ2n) is 14.5. The minimum Gasteiger partial charge on any atom is -0.466 e. The van der Waals surface area contributed by atoms with Gasteiger partial charge in [0.05, 0.1) is 12.6 Å². The van der Waals surface area contributed by atoms with Crippen molar-refractivity contribution in [3.63, 3.8) is 0 Å². The molecule has 1 amide bonds. The van der Waals surface area contributed by atoms with Crippen LogP contribution in [0.5, 0.6) is 0 Å². The van der Waals surface area contributed by atoms with E-state index in [-0.39, 0.29) is 17.9 Å². The Kier molecular flexibility index (Phi) is 30.2. The summed E-state index contributed by atoms with van der Waals surface area (Å²) >= 11 is 0. The lowest BCUT2D eigenvalue weighted by molar-refractivity contribution is -0.144. The molecule has 1 fully saturated rings. The standard InChI is InChI=1S/C40H79N3O3/c1-4-6-8-9-10-11-12-13-14-15-16-17-18-19-20-23-31-42-40(45)38(41-32-35-43-33-24-21-25-34-43)28-26-36-46-39(44)30-29-37(3)27-22-7-5-2/h37-38,41H,4-36H2,1-3H3,(H,42,45). The van der Waals surface area contributed by atoms with Crippen molar-refractivity contribution in [1.29, 1.82) is 0 Å². The zero-order valence-corrected chi connectivity index (χ0v) is 31.2. The van der Waals surface area contributed by atoms with Crippen LogP contribution >= 0.6 is 0 Å². The van der Waals surface area contributed by atoms with Crippen molar-refractivity contribution in [3.05, 3.63) is 0 Å². The molecule has 1 rings (SSSR count). The van der Waals surface area contributed by atoms with Crippen LogP contribution in [0.15, 0.2) is 0 Å². The molecule has 6 nitrogen and oxygen atoms in total. The second-order valence-corrected chi connectivity index (χ2v) is 14.5. The quantitative estimate of drug-likeness (QED) is 0.0547. The highest BCUT2D eigenvalue weighted by molar-refractivity contribution is 5.81. The topological polar surface area (TPSA) is 70.7 Å². The van der Waals surface area contributed by atoms with E-state index in [1.165, 1.54) is 154 Å². The van der Waals surface area contributed by atoms with Crippen molar-refractivity contribution in [2.45, 2.75) is 200 Å². The minimum absolute atomic E-state index is 0.0927. The highest BCUT2D eigenvalue weighted by atomic mass is 16.5. The molecule has 1 heterocycles. The SMILES string of the molecule is CCCCCCCCCCCCCCCCCCNC(=O)C(CCCOC(=O)CCC(C)CCCCC)NCCN1CCCCC1. The predicted octanol–water partition coefficient (Wildman–Crippen LogP) is 10.1. The normalized spacial score (nSPS) is 15.1. The Balaban J connectivity index is 2.16. The molecule has 1 aliphatic heterocycles. The van der Waals surface area contributed by atoms with Crippen molar-refractivity contribution in [3.8, 4) is 0 Å². The number of carbonyl (C=O) groups is 2. The molecule has 1 aliphatic rings. The number of rotatable bonds is 33. The Morgan fingerprint density at radius 2 is 1.17 bits per heavy atom.